The van der Waals surface area contributed by atoms with E-state index in [1.807, 2.05) is 6.92 Å². The summed E-state index contributed by atoms with van der Waals surface area (Å²) in [7, 11) is 0. The predicted octanol–water partition coefficient (Wildman–Crippen LogP) is 3.49. The van der Waals surface area contributed by atoms with Crippen molar-refractivity contribution in [3.63, 3.8) is 0 Å². The van der Waals surface area contributed by atoms with Gasteiger partial charge in [0.15, 0.2) is 0 Å². The molecule has 8 nitrogen and oxygen atoms in total. The van der Waals surface area contributed by atoms with Gasteiger partial charge in [0.2, 0.25) is 11.8 Å². The van der Waals surface area contributed by atoms with Crippen LogP contribution >= 0.6 is 23.4 Å². The first kappa shape index (κ1) is 22.1. The van der Waals surface area contributed by atoms with Crippen molar-refractivity contribution >= 4 is 41.1 Å². The highest BCUT2D eigenvalue weighted by Crippen LogP contribution is 2.34. The number of ether oxygens (including phenoxy) is 1. The first-order valence-corrected chi connectivity index (χ1v) is 10.5. The molecule has 2 amide bonds. The Hall–Kier alpha value is -2.62. The summed E-state index contributed by atoms with van der Waals surface area (Å²) >= 11 is 7.49. The average Bonchev–Trinajstić information content (AvgIpc) is 3.06. The number of benzene rings is 1. The van der Waals surface area contributed by atoms with E-state index in [4.69, 9.17) is 21.6 Å². The smallest absolute Gasteiger partial charge is 0.373 e. The number of likely N-dealkylation sites (tertiary alicyclic amines) is 1. The fourth-order valence-electron chi connectivity index (χ4n) is 2.99. The highest BCUT2D eigenvalue weighted by Gasteiger charge is 2.28. The maximum atomic E-state index is 11.8. The maximum Gasteiger partial charge on any atom is 0.373 e. The Balaban J connectivity index is 1.67. The molecule has 1 saturated heterocycles. The normalized spacial score (nSPS) is 13.6. The molecule has 10 heteroatoms. The first-order valence-electron chi connectivity index (χ1n) is 9.10. The van der Waals surface area contributed by atoms with Crippen LogP contribution in [0.2, 0.25) is 5.02 Å². The van der Waals surface area contributed by atoms with Crippen molar-refractivity contribution in [1.29, 1.82) is 0 Å². The van der Waals surface area contributed by atoms with Crippen molar-refractivity contribution in [1.82, 2.24) is 9.88 Å². The second-order valence-corrected chi connectivity index (χ2v) is 7.85. The minimum atomic E-state index is -0.896. The highest BCUT2D eigenvalue weighted by molar-refractivity contribution is 7.98. The fourth-order valence-corrected chi connectivity index (χ4v) is 4.41. The molecule has 158 valence electrons. The number of nitrogens with zero attached hydrogens (tertiary/aromatic N) is 2. The molecular formula is C20H19ClN2O6S. The molecule has 1 aromatic heterocycles. The lowest BCUT2D eigenvalue weighted by Gasteiger charge is -2.16. The molecule has 0 unspecified atom stereocenters. The van der Waals surface area contributed by atoms with E-state index in [2.05, 4.69) is 9.87 Å². The topological polar surface area (TPSA) is 106 Å². The van der Waals surface area contributed by atoms with Gasteiger partial charge in [-0.2, -0.15) is 5.26 Å². The molecule has 0 saturated carbocycles. The number of thioether (sulfide) groups is 1. The van der Waals surface area contributed by atoms with E-state index < -0.39 is 5.97 Å². The number of carbonyl (C=O) groups is 3. The fraction of sp³-hybridized carbons (Fsp3) is 0.300. The molecule has 2 aromatic rings. The summed E-state index contributed by atoms with van der Waals surface area (Å²) < 4.78 is 5.76. The average molecular weight is 451 g/mol. The van der Waals surface area contributed by atoms with Crippen LogP contribution in [-0.4, -0.2) is 46.1 Å². The highest BCUT2D eigenvalue weighted by atomic mass is 35.5. The Morgan fingerprint density at radius 3 is 2.70 bits per heavy atom. The third-order valence-electron chi connectivity index (χ3n) is 4.61. The number of carbonyl (C=O) groups excluding carboxylic acids is 3. The minimum Gasteiger partial charge on any atom is -0.491 e. The largest absolute Gasteiger partial charge is 0.491 e. The Morgan fingerprint density at radius 2 is 2.00 bits per heavy atom. The van der Waals surface area contributed by atoms with Crippen LogP contribution in [0.25, 0.3) is 0 Å². The number of pyridine rings is 1. The van der Waals surface area contributed by atoms with Crippen LogP contribution in [0, 0.1) is 6.92 Å². The number of imide groups is 1. The lowest BCUT2D eigenvalue weighted by molar-refractivity contribution is -0.183. The van der Waals surface area contributed by atoms with Gasteiger partial charge in [0.05, 0.1) is 22.8 Å². The van der Waals surface area contributed by atoms with Crippen molar-refractivity contribution in [2.45, 2.75) is 30.4 Å². The predicted molar refractivity (Wildman–Crippen MR) is 109 cm³/mol. The molecule has 3 rings (SSSR count). The third-order valence-corrected chi connectivity index (χ3v) is 6.18. The Kier molecular flexibility index (Phi) is 7.30. The van der Waals surface area contributed by atoms with Gasteiger partial charge in [-0.25, -0.2) is 4.79 Å². The van der Waals surface area contributed by atoms with E-state index in [0.717, 1.165) is 5.56 Å². The monoisotopic (exact) mass is 450 g/mol. The molecule has 0 radical (unpaired) electrons. The van der Waals surface area contributed by atoms with Gasteiger partial charge in [-0.3, -0.25) is 24.4 Å². The number of halogens is 1. The lowest BCUT2D eigenvalue weighted by Crippen LogP contribution is -2.33. The van der Waals surface area contributed by atoms with Crippen LogP contribution in [0.3, 0.4) is 0 Å². The second kappa shape index (κ2) is 9.92. The third kappa shape index (κ3) is 4.92. The van der Waals surface area contributed by atoms with Gasteiger partial charge in [-0.15, -0.1) is 11.8 Å². The quantitative estimate of drug-likeness (QED) is 0.282. The standard InChI is InChI=1S/C20H19ClN2O6S/c1-12-15(11-30-19-13(20(26)29-27)3-2-4-14(19)21)22-8-7-16(12)28-10-9-23-17(24)5-6-18(23)25/h2-4,7-8,27H,5-6,9-11H2,1H3. The Labute approximate surface area is 182 Å². The number of rotatable bonds is 8. The van der Waals surface area contributed by atoms with Gasteiger partial charge in [-0.1, -0.05) is 17.7 Å². The van der Waals surface area contributed by atoms with Crippen LogP contribution in [-0.2, 0) is 20.2 Å². The molecule has 2 heterocycles. The van der Waals surface area contributed by atoms with E-state index in [0.29, 0.717) is 27.1 Å². The van der Waals surface area contributed by atoms with E-state index in [1.54, 1.807) is 24.4 Å². The molecule has 0 spiro atoms. The van der Waals surface area contributed by atoms with E-state index in [1.165, 1.54) is 22.7 Å². The summed E-state index contributed by atoms with van der Waals surface area (Å²) in [5.74, 6) is -0.267. The molecule has 0 aliphatic carbocycles. The van der Waals surface area contributed by atoms with Crippen LogP contribution in [0.5, 0.6) is 5.75 Å². The van der Waals surface area contributed by atoms with Crippen LogP contribution in [0.4, 0.5) is 0 Å². The van der Waals surface area contributed by atoms with E-state index in [9.17, 15) is 14.4 Å². The zero-order valence-electron chi connectivity index (χ0n) is 16.1. The van der Waals surface area contributed by atoms with Crippen molar-refractivity contribution in [2.24, 2.45) is 0 Å². The van der Waals surface area contributed by atoms with Gasteiger partial charge >= 0.3 is 5.97 Å². The number of amides is 2. The second-order valence-electron chi connectivity index (χ2n) is 6.45. The first-order chi connectivity index (χ1) is 14.4. The SMILES string of the molecule is Cc1c(OCCN2C(=O)CCC2=O)ccnc1CSc1c(Cl)cccc1C(=O)OO. The summed E-state index contributed by atoms with van der Waals surface area (Å²) in [6.45, 7) is 2.24. The van der Waals surface area contributed by atoms with Crippen LogP contribution in [0.15, 0.2) is 35.4 Å². The molecule has 0 bridgehead atoms. The van der Waals surface area contributed by atoms with Crippen LogP contribution in [0.1, 0.15) is 34.5 Å². The molecule has 1 fully saturated rings. The van der Waals surface area contributed by atoms with Gasteiger partial charge in [-0.05, 0) is 25.1 Å². The number of hydrogen-bond acceptors (Lipinski definition) is 8. The summed E-state index contributed by atoms with van der Waals surface area (Å²) in [6.07, 6.45) is 2.10. The van der Waals surface area contributed by atoms with Crippen molar-refractivity contribution in [3.05, 3.63) is 52.3 Å². The van der Waals surface area contributed by atoms with Gasteiger partial charge < -0.3 is 4.74 Å². The number of aromatic nitrogens is 1. The zero-order valence-corrected chi connectivity index (χ0v) is 17.7. The Morgan fingerprint density at radius 1 is 1.27 bits per heavy atom. The van der Waals surface area contributed by atoms with Crippen molar-refractivity contribution in [2.75, 3.05) is 13.2 Å². The van der Waals surface area contributed by atoms with Crippen molar-refractivity contribution < 1.29 is 29.3 Å². The molecule has 1 aliphatic rings. The van der Waals surface area contributed by atoms with Gasteiger partial charge in [0.1, 0.15) is 12.4 Å². The molecule has 1 aliphatic heterocycles. The van der Waals surface area contributed by atoms with Crippen LogP contribution < -0.4 is 4.74 Å². The summed E-state index contributed by atoms with van der Waals surface area (Å²) in [4.78, 5) is 45.0. The summed E-state index contributed by atoms with van der Waals surface area (Å²) in [5.41, 5.74) is 1.66. The van der Waals surface area contributed by atoms with E-state index >= 15 is 0 Å². The summed E-state index contributed by atoms with van der Waals surface area (Å²) in [6, 6.07) is 6.44. The maximum absolute atomic E-state index is 11.8. The molecule has 0 atom stereocenters. The molecule has 1 N–H and O–H groups in total. The van der Waals surface area contributed by atoms with E-state index in [-0.39, 0.29) is 43.4 Å². The zero-order chi connectivity index (χ0) is 21.7. The van der Waals surface area contributed by atoms with Gasteiger partial charge in [0.25, 0.3) is 0 Å². The van der Waals surface area contributed by atoms with Gasteiger partial charge in [0, 0.05) is 35.3 Å². The minimum absolute atomic E-state index is 0.153. The number of hydrogen-bond donors (Lipinski definition) is 1. The lowest BCUT2D eigenvalue weighted by atomic mass is 10.2. The Bertz CT molecular complexity index is 968. The van der Waals surface area contributed by atoms with Crippen molar-refractivity contribution in [3.8, 4) is 5.75 Å². The summed E-state index contributed by atoms with van der Waals surface area (Å²) in [5, 5.41) is 9.04. The molecule has 1 aromatic carbocycles. The molecule has 30 heavy (non-hydrogen) atoms. The molecular weight excluding hydrogens is 432 g/mol.